The van der Waals surface area contributed by atoms with Crippen molar-refractivity contribution in [3.05, 3.63) is 35.5 Å². The van der Waals surface area contributed by atoms with Crippen LogP contribution in [0.25, 0.3) is 0 Å². The van der Waals surface area contributed by atoms with Crippen LogP contribution < -0.4 is 0 Å². The van der Waals surface area contributed by atoms with Gasteiger partial charge in [0.05, 0.1) is 19.1 Å². The molecule has 10 nitrogen and oxygen atoms in total. The van der Waals surface area contributed by atoms with Gasteiger partial charge in [0.25, 0.3) is 0 Å². The molecule has 0 aromatic carbocycles. The number of allylic oxidation sites excluding steroid dienone is 1. The number of ether oxygens (including phenoxy) is 4. The first-order chi connectivity index (χ1) is 14.8. The van der Waals surface area contributed by atoms with Gasteiger partial charge in [-0.15, -0.1) is 0 Å². The predicted octanol–water partition coefficient (Wildman–Crippen LogP) is -1.14. The van der Waals surface area contributed by atoms with Crippen LogP contribution in [0.3, 0.4) is 0 Å². The van der Waals surface area contributed by atoms with Crippen molar-refractivity contribution in [3.8, 4) is 0 Å². The molecule has 0 aromatic rings. The molecule has 170 valence electrons. The van der Waals surface area contributed by atoms with Crippen LogP contribution in [0, 0.1) is 5.92 Å². The van der Waals surface area contributed by atoms with E-state index in [9.17, 15) is 30.0 Å². The summed E-state index contributed by atoms with van der Waals surface area (Å²) in [6.45, 7) is 3.21. The Morgan fingerprint density at radius 3 is 2.61 bits per heavy atom. The summed E-state index contributed by atoms with van der Waals surface area (Å²) in [6, 6.07) is 0. The molecule has 1 aliphatic carbocycles. The molecule has 8 atom stereocenters. The predicted molar refractivity (Wildman–Crippen MR) is 102 cm³/mol. The number of aliphatic hydroxyl groups excluding tert-OH is 4. The van der Waals surface area contributed by atoms with Gasteiger partial charge in [-0.25, -0.2) is 9.59 Å². The zero-order chi connectivity index (χ0) is 22.3. The van der Waals surface area contributed by atoms with Crippen molar-refractivity contribution in [2.75, 3.05) is 13.2 Å². The van der Waals surface area contributed by atoms with Gasteiger partial charge in [-0.2, -0.15) is 0 Å². The summed E-state index contributed by atoms with van der Waals surface area (Å²) < 4.78 is 21.9. The van der Waals surface area contributed by atoms with Crippen LogP contribution in [0.2, 0.25) is 0 Å². The van der Waals surface area contributed by atoms with Gasteiger partial charge in [0.2, 0.25) is 0 Å². The first kappa shape index (κ1) is 22.1. The summed E-state index contributed by atoms with van der Waals surface area (Å²) in [5.41, 5.74) is 1.52. The maximum atomic E-state index is 12.1. The lowest BCUT2D eigenvalue weighted by molar-refractivity contribution is -0.299. The second kappa shape index (κ2) is 8.81. The molecule has 3 aliphatic heterocycles. The quantitative estimate of drug-likeness (QED) is 0.241. The van der Waals surface area contributed by atoms with Gasteiger partial charge >= 0.3 is 11.9 Å². The van der Waals surface area contributed by atoms with E-state index in [2.05, 4.69) is 6.58 Å². The van der Waals surface area contributed by atoms with Crippen molar-refractivity contribution in [2.45, 2.75) is 62.2 Å². The molecular weight excluding hydrogens is 412 g/mol. The average Bonchev–Trinajstić information content (AvgIpc) is 3.23. The lowest BCUT2D eigenvalue weighted by Gasteiger charge is -2.39. The lowest BCUT2D eigenvalue weighted by atomic mass is 9.86. The Morgan fingerprint density at radius 1 is 1.10 bits per heavy atom. The highest BCUT2D eigenvalue weighted by Gasteiger charge is 2.48. The topological polar surface area (TPSA) is 152 Å². The van der Waals surface area contributed by atoms with E-state index in [0.29, 0.717) is 24.8 Å². The van der Waals surface area contributed by atoms with Gasteiger partial charge in [0.1, 0.15) is 36.6 Å². The summed E-state index contributed by atoms with van der Waals surface area (Å²) in [4.78, 5) is 24.3. The molecule has 4 N–H and O–H groups in total. The second-order valence-corrected chi connectivity index (χ2v) is 8.17. The minimum absolute atomic E-state index is 0.0292. The summed E-state index contributed by atoms with van der Waals surface area (Å²) >= 11 is 0. The van der Waals surface area contributed by atoms with Crippen LogP contribution in [-0.2, 0) is 28.5 Å². The van der Waals surface area contributed by atoms with Gasteiger partial charge in [-0.1, -0.05) is 12.7 Å². The van der Waals surface area contributed by atoms with E-state index in [1.807, 2.05) is 0 Å². The van der Waals surface area contributed by atoms with Crippen LogP contribution in [0.5, 0.6) is 0 Å². The monoisotopic (exact) mass is 438 g/mol. The molecule has 0 amide bonds. The van der Waals surface area contributed by atoms with E-state index < -0.39 is 67.4 Å². The number of aliphatic hydroxyl groups is 4. The zero-order valence-corrected chi connectivity index (χ0v) is 16.8. The number of fused-ring (bicyclic) bond motifs is 4. The SMILES string of the molecule is C=C1C(=O)O[C@@H]2/C=C(/CO[C@@H]3O[C@H](CO)[C@@H](O)[C@H](O)[C@H]3O)CC/C=C3\C[C@H](OC3=O)[C@@H]12. The molecule has 0 saturated carbocycles. The van der Waals surface area contributed by atoms with Crippen LogP contribution in [-0.4, -0.2) is 88.5 Å². The number of hydrogen-bond acceptors (Lipinski definition) is 10. The van der Waals surface area contributed by atoms with Crippen molar-refractivity contribution < 1.29 is 49.0 Å². The lowest BCUT2D eigenvalue weighted by Crippen LogP contribution is -2.59. The van der Waals surface area contributed by atoms with Crippen molar-refractivity contribution in [2.24, 2.45) is 5.92 Å². The van der Waals surface area contributed by atoms with Crippen LogP contribution in [0.15, 0.2) is 35.5 Å². The summed E-state index contributed by atoms with van der Waals surface area (Å²) in [7, 11) is 0. The molecule has 0 radical (unpaired) electrons. The fraction of sp³-hybridized carbons (Fsp3) is 0.619. The molecule has 4 aliphatic rings. The first-order valence-corrected chi connectivity index (χ1v) is 10.2. The van der Waals surface area contributed by atoms with E-state index in [4.69, 9.17) is 18.9 Å². The number of rotatable bonds is 4. The summed E-state index contributed by atoms with van der Waals surface area (Å²) in [6.07, 6.45) is -3.18. The van der Waals surface area contributed by atoms with E-state index in [0.717, 1.165) is 5.57 Å². The molecule has 4 rings (SSSR count). The number of carbonyl (C=O) groups excluding carboxylic acids is 2. The van der Waals surface area contributed by atoms with Gasteiger partial charge in [0.15, 0.2) is 6.29 Å². The molecule has 3 heterocycles. The first-order valence-electron chi connectivity index (χ1n) is 10.2. The molecule has 0 spiro atoms. The second-order valence-electron chi connectivity index (χ2n) is 8.17. The van der Waals surface area contributed by atoms with E-state index in [1.165, 1.54) is 0 Å². The minimum atomic E-state index is -1.54. The van der Waals surface area contributed by atoms with Crippen molar-refractivity contribution in [1.29, 1.82) is 0 Å². The number of hydrogen-bond donors (Lipinski definition) is 4. The van der Waals surface area contributed by atoms with Gasteiger partial charge in [-0.3, -0.25) is 0 Å². The molecule has 3 saturated heterocycles. The Morgan fingerprint density at radius 2 is 1.87 bits per heavy atom. The average molecular weight is 438 g/mol. The molecule has 10 heteroatoms. The smallest absolute Gasteiger partial charge is 0.334 e. The summed E-state index contributed by atoms with van der Waals surface area (Å²) in [5.74, 6) is -1.46. The Labute approximate surface area is 178 Å². The van der Waals surface area contributed by atoms with Crippen LogP contribution in [0.1, 0.15) is 19.3 Å². The van der Waals surface area contributed by atoms with Crippen LogP contribution in [0.4, 0.5) is 0 Å². The fourth-order valence-electron chi connectivity index (χ4n) is 4.36. The highest BCUT2D eigenvalue weighted by molar-refractivity contribution is 5.93. The number of esters is 2. The molecule has 0 unspecified atom stereocenters. The molecular formula is C21H26O10. The van der Waals surface area contributed by atoms with Gasteiger partial charge < -0.3 is 39.4 Å². The van der Waals surface area contributed by atoms with Crippen molar-refractivity contribution >= 4 is 11.9 Å². The molecule has 2 bridgehead atoms. The normalized spacial score (nSPS) is 43.9. The third-order valence-corrected chi connectivity index (χ3v) is 6.14. The van der Waals surface area contributed by atoms with E-state index >= 15 is 0 Å². The largest absolute Gasteiger partial charge is 0.458 e. The Bertz CT molecular complexity index is 815. The van der Waals surface area contributed by atoms with Crippen molar-refractivity contribution in [1.82, 2.24) is 0 Å². The van der Waals surface area contributed by atoms with Crippen molar-refractivity contribution in [3.63, 3.8) is 0 Å². The fourth-order valence-corrected chi connectivity index (χ4v) is 4.36. The summed E-state index contributed by atoms with van der Waals surface area (Å²) in [5, 5.41) is 39.3. The van der Waals surface area contributed by atoms with E-state index in [1.54, 1.807) is 12.2 Å². The standard InChI is InChI=1S/C21H26O10/c1-9-15-12(29-19(9)26)5-10(3-2-4-11-6-13(15)30-20(11)27)8-28-21-18(25)17(24)16(23)14(7-22)31-21/h4-5,12-18,21-25H,1-3,6-8H2/b10-5+,11-4+/t12-,13+,14-,15+,16-,17+,18-,21-/m1/s1. The highest BCUT2D eigenvalue weighted by atomic mass is 16.7. The third kappa shape index (κ3) is 4.19. The zero-order valence-electron chi connectivity index (χ0n) is 16.8. The van der Waals surface area contributed by atoms with E-state index in [-0.39, 0.29) is 12.2 Å². The maximum absolute atomic E-state index is 12.1. The van der Waals surface area contributed by atoms with Gasteiger partial charge in [0, 0.05) is 17.6 Å². The third-order valence-electron chi connectivity index (χ3n) is 6.14. The Balaban J connectivity index is 1.52. The minimum Gasteiger partial charge on any atom is -0.458 e. The van der Waals surface area contributed by atoms with Gasteiger partial charge in [-0.05, 0) is 24.5 Å². The Hall–Kier alpha value is -2.08. The number of carbonyl (C=O) groups is 2. The highest BCUT2D eigenvalue weighted by Crippen LogP contribution is 2.39. The maximum Gasteiger partial charge on any atom is 0.334 e. The Kier molecular flexibility index (Phi) is 6.29. The molecule has 0 aromatic heterocycles. The molecule has 31 heavy (non-hydrogen) atoms. The molecule has 3 fully saturated rings. The van der Waals surface area contributed by atoms with Crippen LogP contribution >= 0.6 is 0 Å².